The average molecular weight is 239 g/mol. The van der Waals surface area contributed by atoms with Crippen molar-refractivity contribution in [2.24, 2.45) is 5.73 Å². The van der Waals surface area contributed by atoms with Gasteiger partial charge in [0.1, 0.15) is 0 Å². The molecule has 0 spiro atoms. The first-order valence-corrected chi connectivity index (χ1v) is 6.77. The lowest BCUT2D eigenvalue weighted by molar-refractivity contribution is -0.135. The Morgan fingerprint density at radius 1 is 1.35 bits per heavy atom. The minimum Gasteiger partial charge on any atom is -0.339 e. The maximum absolute atomic E-state index is 12.3. The number of rotatable bonds is 2. The van der Waals surface area contributed by atoms with Crippen LogP contribution >= 0.6 is 0 Å². The zero-order valence-corrected chi connectivity index (χ0v) is 11.1. The highest BCUT2D eigenvalue weighted by molar-refractivity contribution is 5.78. The van der Waals surface area contributed by atoms with Gasteiger partial charge in [-0.1, -0.05) is 0 Å². The third kappa shape index (κ3) is 2.99. The maximum atomic E-state index is 12.3. The molecule has 1 saturated heterocycles. The van der Waals surface area contributed by atoms with Gasteiger partial charge in [-0.2, -0.15) is 0 Å². The first-order chi connectivity index (χ1) is 8.00. The van der Waals surface area contributed by atoms with Gasteiger partial charge >= 0.3 is 0 Å². The highest BCUT2D eigenvalue weighted by atomic mass is 16.2. The summed E-state index contributed by atoms with van der Waals surface area (Å²) in [6.07, 6.45) is 4.83. The molecule has 0 aromatic rings. The van der Waals surface area contributed by atoms with Crippen LogP contribution in [0.1, 0.15) is 39.0 Å². The fourth-order valence-corrected chi connectivity index (χ4v) is 2.95. The smallest absolute Gasteiger partial charge is 0.224 e. The summed E-state index contributed by atoms with van der Waals surface area (Å²) in [4.78, 5) is 16.6. The molecular weight excluding hydrogens is 214 g/mol. The molecule has 0 aromatic heterocycles. The number of carbonyl (C=O) groups excluding carboxylic acids is 1. The molecule has 4 nitrogen and oxygen atoms in total. The molecule has 4 heteroatoms. The van der Waals surface area contributed by atoms with E-state index in [0.29, 0.717) is 12.5 Å². The van der Waals surface area contributed by atoms with E-state index in [2.05, 4.69) is 18.9 Å². The average Bonchev–Trinajstić information content (AvgIpc) is 2.36. The van der Waals surface area contributed by atoms with Gasteiger partial charge in [0, 0.05) is 31.1 Å². The van der Waals surface area contributed by atoms with Crippen molar-refractivity contribution >= 4 is 5.91 Å². The normalized spacial score (nSPS) is 29.6. The van der Waals surface area contributed by atoms with Crippen molar-refractivity contribution < 1.29 is 4.79 Å². The van der Waals surface area contributed by atoms with Crippen LogP contribution in [-0.2, 0) is 4.79 Å². The molecule has 0 aromatic carbocycles. The molecule has 98 valence electrons. The molecule has 2 aliphatic rings. The molecule has 1 unspecified atom stereocenters. The Balaban J connectivity index is 1.93. The third-order valence-electron chi connectivity index (χ3n) is 4.22. The van der Waals surface area contributed by atoms with Crippen molar-refractivity contribution in [2.75, 3.05) is 26.7 Å². The minimum atomic E-state index is -0.186. The Kier molecular flexibility index (Phi) is 3.73. The summed E-state index contributed by atoms with van der Waals surface area (Å²) in [5.74, 6) is 0.259. The molecule has 1 aliphatic heterocycles. The van der Waals surface area contributed by atoms with Gasteiger partial charge in [0.15, 0.2) is 0 Å². The van der Waals surface area contributed by atoms with E-state index in [9.17, 15) is 4.79 Å². The Morgan fingerprint density at radius 3 is 2.65 bits per heavy atom. The van der Waals surface area contributed by atoms with Crippen LogP contribution in [0, 0.1) is 0 Å². The van der Waals surface area contributed by atoms with Gasteiger partial charge in [-0.3, -0.25) is 4.79 Å². The van der Waals surface area contributed by atoms with E-state index in [0.717, 1.165) is 38.9 Å². The largest absolute Gasteiger partial charge is 0.339 e. The number of likely N-dealkylation sites (N-methyl/N-ethyl adjacent to an activating group) is 1. The molecule has 1 atom stereocenters. The molecular formula is C13H25N3O. The van der Waals surface area contributed by atoms with Crippen LogP contribution in [-0.4, -0.2) is 54.0 Å². The van der Waals surface area contributed by atoms with Crippen molar-refractivity contribution in [3.05, 3.63) is 0 Å². The molecule has 1 aliphatic carbocycles. The summed E-state index contributed by atoms with van der Waals surface area (Å²) in [5.41, 5.74) is 5.98. The van der Waals surface area contributed by atoms with E-state index >= 15 is 0 Å². The van der Waals surface area contributed by atoms with Crippen molar-refractivity contribution in [1.82, 2.24) is 9.80 Å². The SMILES string of the molecule is CC1CN(C)CCCN1C(=O)CC1(N)CCC1. The van der Waals surface area contributed by atoms with Gasteiger partial charge in [0.25, 0.3) is 0 Å². The summed E-state index contributed by atoms with van der Waals surface area (Å²) in [7, 11) is 2.13. The zero-order chi connectivity index (χ0) is 12.5. The molecule has 2 rings (SSSR count). The van der Waals surface area contributed by atoms with Gasteiger partial charge in [-0.15, -0.1) is 0 Å². The minimum absolute atomic E-state index is 0.186. The predicted molar refractivity (Wildman–Crippen MR) is 68.7 cm³/mol. The van der Waals surface area contributed by atoms with E-state index in [1.165, 1.54) is 6.42 Å². The number of hydrogen-bond donors (Lipinski definition) is 1. The van der Waals surface area contributed by atoms with Crippen LogP contribution in [0.4, 0.5) is 0 Å². The fraction of sp³-hybridized carbons (Fsp3) is 0.923. The van der Waals surface area contributed by atoms with Crippen LogP contribution in [0.15, 0.2) is 0 Å². The second-order valence-electron chi connectivity index (χ2n) is 5.94. The first kappa shape index (κ1) is 12.8. The van der Waals surface area contributed by atoms with Crippen LogP contribution in [0.25, 0.3) is 0 Å². The van der Waals surface area contributed by atoms with Gasteiger partial charge in [0.2, 0.25) is 5.91 Å². The standard InChI is InChI=1S/C13H25N3O/c1-11-10-15(2)7-4-8-16(11)12(17)9-13(14)5-3-6-13/h11H,3-10,14H2,1-2H3. The lowest BCUT2D eigenvalue weighted by atomic mass is 9.75. The Bertz CT molecular complexity index is 288. The number of amides is 1. The zero-order valence-electron chi connectivity index (χ0n) is 11.1. The molecule has 1 saturated carbocycles. The topological polar surface area (TPSA) is 49.6 Å². The van der Waals surface area contributed by atoms with E-state index in [1.54, 1.807) is 0 Å². The summed E-state index contributed by atoms with van der Waals surface area (Å²) in [6.45, 7) is 5.09. The molecule has 17 heavy (non-hydrogen) atoms. The summed E-state index contributed by atoms with van der Waals surface area (Å²) >= 11 is 0. The fourth-order valence-electron chi connectivity index (χ4n) is 2.95. The number of nitrogens with zero attached hydrogens (tertiary/aromatic N) is 2. The second-order valence-corrected chi connectivity index (χ2v) is 5.94. The van der Waals surface area contributed by atoms with Crippen LogP contribution in [0.3, 0.4) is 0 Å². The van der Waals surface area contributed by atoms with Gasteiger partial charge < -0.3 is 15.5 Å². The number of carbonyl (C=O) groups is 1. The van der Waals surface area contributed by atoms with Gasteiger partial charge in [0.05, 0.1) is 0 Å². The highest BCUT2D eigenvalue weighted by Gasteiger charge is 2.37. The van der Waals surface area contributed by atoms with Crippen molar-refractivity contribution in [3.63, 3.8) is 0 Å². The third-order valence-corrected chi connectivity index (χ3v) is 4.22. The summed E-state index contributed by atoms with van der Waals surface area (Å²) in [5, 5.41) is 0. The molecule has 0 bridgehead atoms. The Morgan fingerprint density at radius 2 is 2.06 bits per heavy atom. The van der Waals surface area contributed by atoms with E-state index < -0.39 is 0 Å². The van der Waals surface area contributed by atoms with E-state index in [1.807, 2.05) is 4.90 Å². The van der Waals surface area contributed by atoms with Gasteiger partial charge in [-0.25, -0.2) is 0 Å². The summed E-state index contributed by atoms with van der Waals surface area (Å²) in [6, 6.07) is 0.318. The predicted octanol–water partition coefficient (Wildman–Crippen LogP) is 0.811. The van der Waals surface area contributed by atoms with E-state index in [-0.39, 0.29) is 11.4 Å². The van der Waals surface area contributed by atoms with Crippen LogP contribution < -0.4 is 5.73 Å². The monoisotopic (exact) mass is 239 g/mol. The van der Waals surface area contributed by atoms with E-state index in [4.69, 9.17) is 5.73 Å². The maximum Gasteiger partial charge on any atom is 0.224 e. The lowest BCUT2D eigenvalue weighted by Gasteiger charge is -2.39. The Labute approximate surface area is 104 Å². The number of hydrogen-bond acceptors (Lipinski definition) is 3. The van der Waals surface area contributed by atoms with Crippen molar-refractivity contribution in [2.45, 2.75) is 50.6 Å². The molecule has 2 N–H and O–H groups in total. The van der Waals surface area contributed by atoms with Crippen LogP contribution in [0.2, 0.25) is 0 Å². The van der Waals surface area contributed by atoms with Crippen LogP contribution in [0.5, 0.6) is 0 Å². The van der Waals surface area contributed by atoms with Crippen molar-refractivity contribution in [1.29, 1.82) is 0 Å². The number of nitrogens with two attached hydrogens (primary N) is 1. The first-order valence-electron chi connectivity index (χ1n) is 6.77. The Hall–Kier alpha value is -0.610. The molecule has 2 fully saturated rings. The molecule has 1 amide bonds. The molecule has 0 radical (unpaired) electrons. The van der Waals surface area contributed by atoms with Gasteiger partial charge in [-0.05, 0) is 46.2 Å². The quantitative estimate of drug-likeness (QED) is 0.776. The van der Waals surface area contributed by atoms with Crippen molar-refractivity contribution in [3.8, 4) is 0 Å². The highest BCUT2D eigenvalue weighted by Crippen LogP contribution is 2.32. The second kappa shape index (κ2) is 4.94. The molecule has 1 heterocycles. The summed E-state index contributed by atoms with van der Waals surface area (Å²) < 4.78 is 0. The lowest BCUT2D eigenvalue weighted by Crippen LogP contribution is -2.52.